The van der Waals surface area contributed by atoms with Crippen LogP contribution in [-0.2, 0) is 5.60 Å². The van der Waals surface area contributed by atoms with Gasteiger partial charge in [-0.05, 0) is 59.7 Å². The lowest BCUT2D eigenvalue weighted by Crippen LogP contribution is -2.24. The third-order valence-electron chi connectivity index (χ3n) is 4.46. The molecule has 0 aliphatic carbocycles. The van der Waals surface area contributed by atoms with Crippen molar-refractivity contribution in [3.63, 3.8) is 0 Å². The van der Waals surface area contributed by atoms with E-state index in [-0.39, 0.29) is 0 Å². The highest BCUT2D eigenvalue weighted by atomic mass is 16.5. The molecule has 140 valence electrons. The molecule has 0 unspecified atom stereocenters. The van der Waals surface area contributed by atoms with Crippen LogP contribution in [0, 0.1) is 11.8 Å². The fraction of sp³-hybridized carbons (Fsp3) is 0.120. The number of hydrogen-bond acceptors (Lipinski definition) is 3. The Balaban J connectivity index is 1.97. The smallest absolute Gasteiger partial charge is 0.134 e. The normalized spacial score (nSPS) is 11.0. The largest absolute Gasteiger partial charge is 0.497 e. The monoisotopic (exact) mass is 370 g/mol. The van der Waals surface area contributed by atoms with E-state index >= 15 is 0 Å². The van der Waals surface area contributed by atoms with Crippen LogP contribution in [0.4, 0.5) is 0 Å². The quantitative estimate of drug-likeness (QED) is 0.670. The number of aliphatic hydroxyl groups is 1. The van der Waals surface area contributed by atoms with E-state index in [4.69, 9.17) is 9.47 Å². The number of hydrogen-bond donors (Lipinski definition) is 1. The summed E-state index contributed by atoms with van der Waals surface area (Å²) in [5.41, 5.74) is 1.03. The summed E-state index contributed by atoms with van der Waals surface area (Å²) in [7, 11) is 3.23. The minimum absolute atomic E-state index is 0.719. The predicted molar refractivity (Wildman–Crippen MR) is 111 cm³/mol. The average molecular weight is 370 g/mol. The minimum atomic E-state index is -1.33. The molecule has 0 heterocycles. The van der Waals surface area contributed by atoms with Crippen molar-refractivity contribution in [2.24, 2.45) is 0 Å². The summed E-state index contributed by atoms with van der Waals surface area (Å²) in [4.78, 5) is 0. The van der Waals surface area contributed by atoms with E-state index in [2.05, 4.69) is 11.8 Å². The van der Waals surface area contributed by atoms with Crippen molar-refractivity contribution in [2.45, 2.75) is 5.60 Å². The van der Waals surface area contributed by atoms with Crippen LogP contribution in [0.3, 0.4) is 0 Å². The molecule has 0 saturated carbocycles. The van der Waals surface area contributed by atoms with E-state index in [1.807, 2.05) is 78.9 Å². The predicted octanol–water partition coefficient (Wildman–Crippen LogP) is 4.55. The first-order valence-corrected chi connectivity index (χ1v) is 8.91. The lowest BCUT2D eigenvalue weighted by molar-refractivity contribution is 0.134. The third kappa shape index (κ3) is 4.43. The van der Waals surface area contributed by atoms with Gasteiger partial charge in [0.1, 0.15) is 17.1 Å². The molecule has 28 heavy (non-hydrogen) atoms. The zero-order valence-electron chi connectivity index (χ0n) is 15.9. The molecule has 0 spiro atoms. The summed E-state index contributed by atoms with van der Waals surface area (Å²) in [5.74, 6) is 7.53. The van der Waals surface area contributed by atoms with Crippen LogP contribution in [0.25, 0.3) is 0 Å². The third-order valence-corrected chi connectivity index (χ3v) is 4.46. The molecule has 3 heteroatoms. The molecule has 0 radical (unpaired) electrons. The van der Waals surface area contributed by atoms with Crippen molar-refractivity contribution >= 4 is 0 Å². The fourth-order valence-electron chi connectivity index (χ4n) is 2.86. The van der Waals surface area contributed by atoms with Gasteiger partial charge >= 0.3 is 0 Å². The van der Waals surface area contributed by atoms with E-state index in [0.717, 1.165) is 28.2 Å². The zero-order chi connectivity index (χ0) is 19.8. The molecular formula is C25H22O3. The zero-order valence-corrected chi connectivity index (χ0v) is 15.9. The van der Waals surface area contributed by atoms with Gasteiger partial charge in [-0.3, -0.25) is 0 Å². The van der Waals surface area contributed by atoms with Crippen LogP contribution in [0.5, 0.6) is 11.5 Å². The molecule has 3 aromatic rings. The Morgan fingerprint density at radius 3 is 1.71 bits per heavy atom. The maximum Gasteiger partial charge on any atom is 0.134 e. The van der Waals surface area contributed by atoms with Crippen molar-refractivity contribution in [1.82, 2.24) is 0 Å². The summed E-state index contributed by atoms with van der Waals surface area (Å²) < 4.78 is 10.5. The summed E-state index contributed by atoms with van der Waals surface area (Å²) in [6.07, 6.45) is 3.38. The first-order valence-electron chi connectivity index (χ1n) is 8.91. The Bertz CT molecular complexity index is 928. The van der Waals surface area contributed by atoms with Gasteiger partial charge in [-0.25, -0.2) is 0 Å². The Hall–Kier alpha value is -3.48. The maximum absolute atomic E-state index is 11.5. The number of benzene rings is 3. The molecule has 0 bridgehead atoms. The van der Waals surface area contributed by atoms with E-state index in [1.165, 1.54) is 0 Å². The first kappa shape index (κ1) is 19.3. The van der Waals surface area contributed by atoms with Gasteiger partial charge in [0, 0.05) is 5.56 Å². The molecular weight excluding hydrogens is 348 g/mol. The number of rotatable bonds is 5. The van der Waals surface area contributed by atoms with Gasteiger partial charge < -0.3 is 14.6 Å². The lowest BCUT2D eigenvalue weighted by Gasteiger charge is -2.26. The number of ether oxygens (including phenoxy) is 2. The van der Waals surface area contributed by atoms with E-state index in [9.17, 15) is 5.11 Å². The van der Waals surface area contributed by atoms with Gasteiger partial charge in [0.05, 0.1) is 14.2 Å². The Labute approximate surface area is 165 Å². The van der Waals surface area contributed by atoms with Crippen LogP contribution in [0.15, 0.2) is 91.0 Å². The molecule has 1 N–H and O–H groups in total. The molecule has 0 atom stereocenters. The summed E-state index contributed by atoms with van der Waals surface area (Å²) in [6, 6.07) is 24.4. The van der Waals surface area contributed by atoms with Crippen molar-refractivity contribution in [3.05, 3.63) is 108 Å². The molecule has 3 aromatic carbocycles. The molecule has 3 nitrogen and oxygen atoms in total. The second kappa shape index (κ2) is 8.94. The fourth-order valence-corrected chi connectivity index (χ4v) is 2.86. The van der Waals surface area contributed by atoms with Gasteiger partial charge in [-0.1, -0.05) is 54.3 Å². The number of allylic oxidation sites excluding steroid dienone is 1. The highest BCUT2D eigenvalue weighted by molar-refractivity contribution is 5.46. The van der Waals surface area contributed by atoms with Crippen LogP contribution in [-0.4, -0.2) is 19.3 Å². The maximum atomic E-state index is 11.5. The van der Waals surface area contributed by atoms with Gasteiger partial charge in [0.2, 0.25) is 0 Å². The highest BCUT2D eigenvalue weighted by Gasteiger charge is 2.28. The van der Waals surface area contributed by atoms with Crippen molar-refractivity contribution in [3.8, 4) is 23.3 Å². The molecule has 0 aromatic heterocycles. The SMILES string of the molecule is COc1ccc(C(O)(/C=C\C#Cc2ccccc2)c2ccc(OC)cc2)cc1. The Morgan fingerprint density at radius 2 is 1.25 bits per heavy atom. The van der Waals surface area contributed by atoms with Crippen LogP contribution < -0.4 is 9.47 Å². The molecule has 0 saturated heterocycles. The lowest BCUT2D eigenvalue weighted by atomic mass is 9.86. The summed E-state index contributed by atoms with van der Waals surface area (Å²) >= 11 is 0. The van der Waals surface area contributed by atoms with Gasteiger partial charge in [0.25, 0.3) is 0 Å². The summed E-state index contributed by atoms with van der Waals surface area (Å²) in [6.45, 7) is 0. The van der Waals surface area contributed by atoms with Crippen LogP contribution in [0.1, 0.15) is 16.7 Å². The second-order valence-corrected chi connectivity index (χ2v) is 6.19. The van der Waals surface area contributed by atoms with E-state index in [0.29, 0.717) is 0 Å². The first-order chi connectivity index (χ1) is 13.7. The molecule has 0 fully saturated rings. The van der Waals surface area contributed by atoms with Gasteiger partial charge in [-0.2, -0.15) is 0 Å². The number of methoxy groups -OCH3 is 2. The van der Waals surface area contributed by atoms with Gasteiger partial charge in [0.15, 0.2) is 0 Å². The Kier molecular flexibility index (Phi) is 6.16. The van der Waals surface area contributed by atoms with Crippen molar-refractivity contribution < 1.29 is 14.6 Å². The van der Waals surface area contributed by atoms with Gasteiger partial charge in [-0.15, -0.1) is 0 Å². The summed E-state index contributed by atoms with van der Waals surface area (Å²) in [5, 5.41) is 11.5. The molecule has 0 amide bonds. The van der Waals surface area contributed by atoms with E-state index < -0.39 is 5.60 Å². The molecule has 0 aliphatic rings. The minimum Gasteiger partial charge on any atom is -0.497 e. The van der Waals surface area contributed by atoms with Crippen LogP contribution in [0.2, 0.25) is 0 Å². The highest BCUT2D eigenvalue weighted by Crippen LogP contribution is 2.33. The van der Waals surface area contributed by atoms with Crippen molar-refractivity contribution in [2.75, 3.05) is 14.2 Å². The van der Waals surface area contributed by atoms with Crippen molar-refractivity contribution in [1.29, 1.82) is 0 Å². The average Bonchev–Trinajstić information content (AvgIpc) is 2.77. The molecule has 3 rings (SSSR count). The van der Waals surface area contributed by atoms with E-state index in [1.54, 1.807) is 26.4 Å². The van der Waals surface area contributed by atoms with Crippen LogP contribution >= 0.6 is 0 Å². The second-order valence-electron chi connectivity index (χ2n) is 6.19. The standard InChI is InChI=1S/C25H22O3/c1-27-23-15-11-21(12-16-23)25(26,22-13-17-24(28-2)18-14-22)19-7-6-10-20-8-4-3-5-9-20/h3-5,7-9,11-19,26H,1-2H3/b19-7-. The Morgan fingerprint density at radius 1 is 0.750 bits per heavy atom. The topological polar surface area (TPSA) is 38.7 Å². The molecule has 0 aliphatic heterocycles.